The highest BCUT2D eigenvalue weighted by atomic mass is 35.5. The van der Waals surface area contributed by atoms with E-state index >= 15 is 0 Å². The van der Waals surface area contributed by atoms with Gasteiger partial charge in [0.25, 0.3) is 0 Å². The molecule has 0 saturated carbocycles. The van der Waals surface area contributed by atoms with Crippen LogP contribution in [0.4, 0.5) is 0 Å². The molecule has 1 nitrogen and oxygen atoms in total. The Bertz CT molecular complexity index is 565. The first-order valence-electron chi connectivity index (χ1n) is 6.47. The summed E-state index contributed by atoms with van der Waals surface area (Å²) >= 11 is 19.6. The Morgan fingerprint density at radius 3 is 2.30 bits per heavy atom. The molecule has 20 heavy (non-hydrogen) atoms. The first kappa shape index (κ1) is 16.1. The van der Waals surface area contributed by atoms with Gasteiger partial charge < -0.3 is 5.32 Å². The van der Waals surface area contributed by atoms with E-state index in [1.807, 2.05) is 18.2 Å². The average Bonchev–Trinajstić information content (AvgIpc) is 2.76. The van der Waals surface area contributed by atoms with E-state index in [0.717, 1.165) is 25.7 Å². The van der Waals surface area contributed by atoms with Crippen molar-refractivity contribution in [3.8, 4) is 0 Å². The molecule has 0 saturated heterocycles. The molecule has 1 aromatic carbocycles. The SMILES string of the molecule is CCC(NC(C)c1cc(Cl)sc1Cl)c1ccc(Cl)cc1. The molecule has 0 aliphatic heterocycles. The highest BCUT2D eigenvalue weighted by Crippen LogP contribution is 2.36. The maximum absolute atomic E-state index is 6.21. The summed E-state index contributed by atoms with van der Waals surface area (Å²) in [5, 5.41) is 4.35. The van der Waals surface area contributed by atoms with Crippen LogP contribution < -0.4 is 5.32 Å². The maximum atomic E-state index is 6.21. The molecule has 0 fully saturated rings. The monoisotopic (exact) mass is 347 g/mol. The second kappa shape index (κ2) is 7.15. The molecule has 2 unspecified atom stereocenters. The zero-order valence-corrected chi connectivity index (χ0v) is 14.4. The molecular weight excluding hydrogens is 333 g/mol. The van der Waals surface area contributed by atoms with Crippen molar-refractivity contribution in [3.05, 3.63) is 55.2 Å². The largest absolute Gasteiger partial charge is 0.303 e. The van der Waals surface area contributed by atoms with Gasteiger partial charge in [0, 0.05) is 17.1 Å². The van der Waals surface area contributed by atoms with Crippen LogP contribution in [0.1, 0.15) is 43.5 Å². The molecule has 0 spiro atoms. The molecule has 2 aromatic rings. The minimum atomic E-state index is 0.145. The fourth-order valence-electron chi connectivity index (χ4n) is 2.18. The van der Waals surface area contributed by atoms with Crippen molar-refractivity contribution in [2.75, 3.05) is 0 Å². The van der Waals surface area contributed by atoms with Gasteiger partial charge in [-0.1, -0.05) is 53.9 Å². The smallest absolute Gasteiger partial charge is 0.0991 e. The number of rotatable bonds is 5. The van der Waals surface area contributed by atoms with E-state index in [1.165, 1.54) is 16.9 Å². The molecule has 2 rings (SSSR count). The third-order valence-electron chi connectivity index (χ3n) is 3.28. The Morgan fingerprint density at radius 1 is 1.15 bits per heavy atom. The molecule has 2 atom stereocenters. The standard InChI is InChI=1S/C15H16Cl3NS/c1-3-13(10-4-6-11(16)7-5-10)19-9(2)12-8-14(17)20-15(12)18/h4-9,13,19H,3H2,1-2H3. The highest BCUT2D eigenvalue weighted by molar-refractivity contribution is 7.20. The second-order valence-electron chi connectivity index (χ2n) is 4.68. The summed E-state index contributed by atoms with van der Waals surface area (Å²) in [7, 11) is 0. The normalized spacial score (nSPS) is 14.2. The van der Waals surface area contributed by atoms with Crippen molar-refractivity contribution in [1.29, 1.82) is 0 Å². The molecule has 1 heterocycles. The topological polar surface area (TPSA) is 12.0 Å². The van der Waals surface area contributed by atoms with Crippen LogP contribution >= 0.6 is 46.1 Å². The van der Waals surface area contributed by atoms with Crippen LogP contribution in [0.25, 0.3) is 0 Å². The maximum Gasteiger partial charge on any atom is 0.0991 e. The summed E-state index contributed by atoms with van der Waals surface area (Å²) in [6.07, 6.45) is 0.988. The lowest BCUT2D eigenvalue weighted by atomic mass is 10.0. The number of hydrogen-bond donors (Lipinski definition) is 1. The Hall–Kier alpha value is -0.250. The molecule has 0 bridgehead atoms. The predicted octanol–water partition coefficient (Wildman–Crippen LogP) is 6.51. The van der Waals surface area contributed by atoms with Gasteiger partial charge in [-0.2, -0.15) is 0 Å². The summed E-state index contributed by atoms with van der Waals surface area (Å²) in [5.41, 5.74) is 2.27. The van der Waals surface area contributed by atoms with Gasteiger partial charge in [-0.3, -0.25) is 0 Å². The summed E-state index contributed by atoms with van der Waals surface area (Å²) in [5.74, 6) is 0. The summed E-state index contributed by atoms with van der Waals surface area (Å²) in [6.45, 7) is 4.25. The molecule has 0 amide bonds. The van der Waals surface area contributed by atoms with E-state index in [-0.39, 0.29) is 12.1 Å². The molecule has 1 N–H and O–H groups in total. The first-order chi connectivity index (χ1) is 9.51. The van der Waals surface area contributed by atoms with Gasteiger partial charge in [0.05, 0.1) is 8.67 Å². The minimum Gasteiger partial charge on any atom is -0.303 e. The van der Waals surface area contributed by atoms with Crippen molar-refractivity contribution in [2.45, 2.75) is 32.4 Å². The molecule has 0 aliphatic rings. The molecule has 5 heteroatoms. The minimum absolute atomic E-state index is 0.145. The Morgan fingerprint density at radius 2 is 1.80 bits per heavy atom. The van der Waals surface area contributed by atoms with Gasteiger partial charge in [0.2, 0.25) is 0 Å². The fraction of sp³-hybridized carbons (Fsp3) is 0.333. The van der Waals surface area contributed by atoms with Crippen LogP contribution in [0.3, 0.4) is 0 Å². The van der Waals surface area contributed by atoms with Crippen molar-refractivity contribution in [3.63, 3.8) is 0 Å². The molecule has 1 aromatic heterocycles. The van der Waals surface area contributed by atoms with E-state index in [0.29, 0.717) is 0 Å². The number of hydrogen-bond acceptors (Lipinski definition) is 2. The van der Waals surface area contributed by atoms with E-state index in [9.17, 15) is 0 Å². The Kier molecular flexibility index (Phi) is 5.76. The molecular formula is C15H16Cl3NS. The third-order valence-corrected chi connectivity index (χ3v) is 5.05. The number of halogens is 3. The van der Waals surface area contributed by atoms with Gasteiger partial charge in [-0.25, -0.2) is 0 Å². The van der Waals surface area contributed by atoms with E-state index < -0.39 is 0 Å². The van der Waals surface area contributed by atoms with Gasteiger partial charge in [0.1, 0.15) is 0 Å². The summed E-state index contributed by atoms with van der Waals surface area (Å²) in [6, 6.07) is 10.3. The lowest BCUT2D eigenvalue weighted by molar-refractivity contribution is 0.457. The van der Waals surface area contributed by atoms with Gasteiger partial charge in [0.15, 0.2) is 0 Å². The van der Waals surface area contributed by atoms with Crippen molar-refractivity contribution >= 4 is 46.1 Å². The second-order valence-corrected chi connectivity index (χ2v) is 7.40. The van der Waals surface area contributed by atoms with Crippen molar-refractivity contribution < 1.29 is 0 Å². The van der Waals surface area contributed by atoms with Gasteiger partial charge in [-0.15, -0.1) is 11.3 Å². The van der Waals surface area contributed by atoms with Gasteiger partial charge in [-0.05, 0) is 42.7 Å². The average molecular weight is 349 g/mol. The van der Waals surface area contributed by atoms with Gasteiger partial charge >= 0.3 is 0 Å². The summed E-state index contributed by atoms with van der Waals surface area (Å²) < 4.78 is 1.47. The highest BCUT2D eigenvalue weighted by Gasteiger charge is 2.17. The number of thiophene rings is 1. The molecule has 108 valence electrons. The van der Waals surface area contributed by atoms with Crippen LogP contribution in [-0.4, -0.2) is 0 Å². The summed E-state index contributed by atoms with van der Waals surface area (Å²) in [4.78, 5) is 0. The van der Waals surface area contributed by atoms with Crippen molar-refractivity contribution in [2.24, 2.45) is 0 Å². The van der Waals surface area contributed by atoms with E-state index in [1.54, 1.807) is 0 Å². The molecule has 0 radical (unpaired) electrons. The van der Waals surface area contributed by atoms with Crippen LogP contribution in [0.5, 0.6) is 0 Å². The number of nitrogens with one attached hydrogen (secondary N) is 1. The van der Waals surface area contributed by atoms with E-state index in [2.05, 4.69) is 31.3 Å². The lowest BCUT2D eigenvalue weighted by Crippen LogP contribution is -2.24. The predicted molar refractivity (Wildman–Crippen MR) is 90.4 cm³/mol. The Labute approximate surface area is 138 Å². The van der Waals surface area contributed by atoms with E-state index in [4.69, 9.17) is 34.8 Å². The fourth-order valence-corrected chi connectivity index (χ4v) is 3.96. The van der Waals surface area contributed by atoms with Crippen LogP contribution in [0.2, 0.25) is 13.7 Å². The van der Waals surface area contributed by atoms with Crippen LogP contribution in [0, 0.1) is 0 Å². The first-order valence-corrected chi connectivity index (χ1v) is 8.42. The lowest BCUT2D eigenvalue weighted by Gasteiger charge is -2.22. The quantitative estimate of drug-likeness (QED) is 0.649. The third kappa shape index (κ3) is 3.90. The van der Waals surface area contributed by atoms with Crippen LogP contribution in [0.15, 0.2) is 30.3 Å². The zero-order valence-electron chi connectivity index (χ0n) is 11.3. The molecule has 0 aliphatic carbocycles. The van der Waals surface area contributed by atoms with Crippen LogP contribution in [-0.2, 0) is 0 Å². The number of benzene rings is 1. The van der Waals surface area contributed by atoms with Crippen molar-refractivity contribution in [1.82, 2.24) is 5.32 Å². The Balaban J connectivity index is 2.13. The zero-order chi connectivity index (χ0) is 14.7.